The van der Waals surface area contributed by atoms with Gasteiger partial charge in [-0.2, -0.15) is 0 Å². The molecule has 0 saturated carbocycles. The lowest BCUT2D eigenvalue weighted by Gasteiger charge is -2.19. The second-order valence-electron chi connectivity index (χ2n) is 2.51. The van der Waals surface area contributed by atoms with Crippen LogP contribution in [0.4, 0.5) is 0 Å². The second-order valence-corrected chi connectivity index (χ2v) is 2.51. The van der Waals surface area contributed by atoms with Crippen molar-refractivity contribution < 1.29 is 10.0 Å². The van der Waals surface area contributed by atoms with E-state index in [9.17, 15) is 0 Å². The Bertz CT molecular complexity index is 77.4. The van der Waals surface area contributed by atoms with Gasteiger partial charge in [0.15, 0.2) is 0 Å². The van der Waals surface area contributed by atoms with Gasteiger partial charge in [0.05, 0.1) is 0 Å². The number of nitrogens with zero attached hydrogens (tertiary/aromatic N) is 1. The molecular weight excluding hydrogens is 117 g/mol. The van der Waals surface area contributed by atoms with Crippen molar-refractivity contribution in [2.75, 3.05) is 13.5 Å². The van der Waals surface area contributed by atoms with E-state index in [2.05, 4.69) is 0 Å². The molecule has 0 saturated heterocycles. The first kappa shape index (κ1) is 8.94. The molecule has 0 bridgehead atoms. The summed E-state index contributed by atoms with van der Waals surface area (Å²) in [7, 11) is 0.641. The highest BCUT2D eigenvalue weighted by molar-refractivity contribution is 6.41. The van der Waals surface area contributed by atoms with Gasteiger partial charge in [-0.1, -0.05) is 0 Å². The van der Waals surface area contributed by atoms with Gasteiger partial charge in [0.25, 0.3) is 0 Å². The molecule has 54 valence electrons. The fraction of sp³-hybridized carbons (Fsp3) is 1.00. The van der Waals surface area contributed by atoms with E-state index in [0.717, 1.165) is 0 Å². The summed E-state index contributed by atoms with van der Waals surface area (Å²) in [6, 6.07) is 0.367. The van der Waals surface area contributed by atoms with Gasteiger partial charge >= 0.3 is 7.12 Å². The van der Waals surface area contributed by atoms with Crippen molar-refractivity contribution in [2.24, 2.45) is 0 Å². The van der Waals surface area contributed by atoms with Crippen LogP contribution in [0.1, 0.15) is 13.8 Å². The Morgan fingerprint density at radius 1 is 1.44 bits per heavy atom. The molecule has 0 atom stereocenters. The minimum atomic E-state index is -1.21. The lowest BCUT2D eigenvalue weighted by molar-refractivity contribution is 0.277. The monoisotopic (exact) mass is 131 g/mol. The summed E-state index contributed by atoms with van der Waals surface area (Å²) >= 11 is 0. The molecule has 0 fully saturated rings. The zero-order valence-corrected chi connectivity index (χ0v) is 6.20. The van der Waals surface area contributed by atoms with Crippen LogP contribution in [0.15, 0.2) is 0 Å². The van der Waals surface area contributed by atoms with Crippen molar-refractivity contribution in [3.05, 3.63) is 0 Å². The first-order chi connectivity index (χ1) is 4.04. The van der Waals surface area contributed by atoms with Crippen LogP contribution in [0.2, 0.25) is 0 Å². The average molecular weight is 131 g/mol. The average Bonchev–Trinajstić information content (AvgIpc) is 1.63. The van der Waals surface area contributed by atoms with Crippen molar-refractivity contribution in [2.45, 2.75) is 19.9 Å². The summed E-state index contributed by atoms with van der Waals surface area (Å²) in [5.74, 6) is 0. The molecule has 0 rings (SSSR count). The summed E-state index contributed by atoms with van der Waals surface area (Å²) in [5.41, 5.74) is 0. The minimum absolute atomic E-state index is 0.317. The third-order valence-corrected chi connectivity index (χ3v) is 1.33. The smallest absolute Gasteiger partial charge is 0.426 e. The Morgan fingerprint density at radius 2 is 1.89 bits per heavy atom. The van der Waals surface area contributed by atoms with Gasteiger partial charge in [0, 0.05) is 12.5 Å². The van der Waals surface area contributed by atoms with Gasteiger partial charge in [-0.15, -0.1) is 0 Å². The SMILES string of the molecule is CC(C)N(C)CB(O)O. The van der Waals surface area contributed by atoms with Gasteiger partial charge in [-0.3, -0.25) is 0 Å². The molecule has 4 heteroatoms. The molecule has 0 amide bonds. The minimum Gasteiger partial charge on any atom is -0.426 e. The van der Waals surface area contributed by atoms with E-state index in [1.54, 1.807) is 0 Å². The van der Waals surface area contributed by atoms with Gasteiger partial charge in [0.1, 0.15) is 0 Å². The Balaban J connectivity index is 3.38. The first-order valence-corrected chi connectivity index (χ1v) is 3.10. The highest BCUT2D eigenvalue weighted by atomic mass is 16.4. The number of hydrogen-bond donors (Lipinski definition) is 2. The lowest BCUT2D eigenvalue weighted by Crippen LogP contribution is -2.36. The van der Waals surface area contributed by atoms with Crippen LogP contribution in [-0.4, -0.2) is 41.6 Å². The van der Waals surface area contributed by atoms with E-state index in [1.165, 1.54) is 0 Å². The quantitative estimate of drug-likeness (QED) is 0.499. The van der Waals surface area contributed by atoms with Crippen molar-refractivity contribution in [3.8, 4) is 0 Å². The van der Waals surface area contributed by atoms with Crippen LogP contribution in [0, 0.1) is 0 Å². The molecule has 0 aromatic heterocycles. The summed E-state index contributed by atoms with van der Waals surface area (Å²) in [5, 5.41) is 17.0. The highest BCUT2D eigenvalue weighted by Crippen LogP contribution is 1.91. The van der Waals surface area contributed by atoms with Gasteiger partial charge in [0.2, 0.25) is 0 Å². The normalized spacial score (nSPS) is 11.0. The molecule has 0 heterocycles. The standard InChI is InChI=1S/C5H14BNO2/c1-5(2)7(3)4-6(8)9/h5,8-9H,4H2,1-3H3. The summed E-state index contributed by atoms with van der Waals surface area (Å²) in [6.07, 6.45) is 0.317. The molecule has 3 nitrogen and oxygen atoms in total. The van der Waals surface area contributed by atoms with Crippen LogP contribution in [0.25, 0.3) is 0 Å². The molecule has 0 aliphatic carbocycles. The zero-order valence-electron chi connectivity index (χ0n) is 6.20. The zero-order chi connectivity index (χ0) is 7.44. The van der Waals surface area contributed by atoms with Gasteiger partial charge in [-0.25, -0.2) is 0 Å². The van der Waals surface area contributed by atoms with Crippen LogP contribution in [0.5, 0.6) is 0 Å². The van der Waals surface area contributed by atoms with Crippen molar-refractivity contribution in [1.82, 2.24) is 4.90 Å². The molecule has 0 aliphatic rings. The van der Waals surface area contributed by atoms with Gasteiger partial charge in [-0.05, 0) is 20.9 Å². The molecule has 0 aromatic rings. The predicted molar refractivity (Wildman–Crippen MR) is 38.0 cm³/mol. The molecule has 2 N–H and O–H groups in total. The van der Waals surface area contributed by atoms with Crippen LogP contribution < -0.4 is 0 Å². The van der Waals surface area contributed by atoms with E-state index >= 15 is 0 Å². The van der Waals surface area contributed by atoms with E-state index in [0.29, 0.717) is 12.5 Å². The Morgan fingerprint density at radius 3 is 2.00 bits per heavy atom. The highest BCUT2D eigenvalue weighted by Gasteiger charge is 2.12. The number of hydrogen-bond acceptors (Lipinski definition) is 3. The molecule has 0 aliphatic heterocycles. The van der Waals surface area contributed by atoms with E-state index in [4.69, 9.17) is 10.0 Å². The molecule has 0 unspecified atom stereocenters. The van der Waals surface area contributed by atoms with Crippen LogP contribution in [0.3, 0.4) is 0 Å². The van der Waals surface area contributed by atoms with Crippen LogP contribution >= 0.6 is 0 Å². The second kappa shape index (κ2) is 3.87. The summed E-state index contributed by atoms with van der Waals surface area (Å²) in [4.78, 5) is 1.87. The Kier molecular flexibility index (Phi) is 3.85. The van der Waals surface area contributed by atoms with Crippen molar-refractivity contribution >= 4 is 7.12 Å². The third-order valence-electron chi connectivity index (χ3n) is 1.33. The topological polar surface area (TPSA) is 43.7 Å². The summed E-state index contributed by atoms with van der Waals surface area (Å²) in [6.45, 7) is 4.00. The van der Waals surface area contributed by atoms with Gasteiger partial charge < -0.3 is 14.9 Å². The summed E-state index contributed by atoms with van der Waals surface area (Å²) < 4.78 is 0. The fourth-order valence-electron chi connectivity index (χ4n) is 0.468. The lowest BCUT2D eigenvalue weighted by atomic mass is 9.91. The third kappa shape index (κ3) is 4.45. The van der Waals surface area contributed by atoms with Crippen molar-refractivity contribution in [3.63, 3.8) is 0 Å². The molecule has 0 spiro atoms. The van der Waals surface area contributed by atoms with E-state index < -0.39 is 7.12 Å². The first-order valence-electron chi connectivity index (χ1n) is 3.10. The van der Waals surface area contributed by atoms with Crippen LogP contribution in [-0.2, 0) is 0 Å². The molecule has 0 aromatic carbocycles. The Labute approximate surface area is 56.4 Å². The van der Waals surface area contributed by atoms with E-state index in [1.807, 2.05) is 25.8 Å². The fourth-order valence-corrected chi connectivity index (χ4v) is 0.468. The maximum atomic E-state index is 8.49. The van der Waals surface area contributed by atoms with Crippen molar-refractivity contribution in [1.29, 1.82) is 0 Å². The predicted octanol–water partition coefficient (Wildman–Crippen LogP) is -0.661. The molecule has 9 heavy (non-hydrogen) atoms. The largest absolute Gasteiger partial charge is 0.466 e. The van der Waals surface area contributed by atoms with E-state index in [-0.39, 0.29) is 0 Å². The maximum Gasteiger partial charge on any atom is 0.466 e. The maximum absolute atomic E-state index is 8.49. The molecule has 0 radical (unpaired) electrons. The number of rotatable bonds is 3. The Hall–Kier alpha value is -0.0551. The molecular formula is C5H14BNO2.